The van der Waals surface area contributed by atoms with Gasteiger partial charge in [0.25, 0.3) is 0 Å². The summed E-state index contributed by atoms with van der Waals surface area (Å²) in [5.41, 5.74) is 2.26. The number of likely N-dealkylation sites (tertiary alicyclic amines) is 1. The maximum Gasteiger partial charge on any atom is 0.223 e. The molecule has 0 unspecified atom stereocenters. The van der Waals surface area contributed by atoms with Crippen LogP contribution in [0.25, 0.3) is 11.0 Å². The lowest BCUT2D eigenvalue weighted by molar-refractivity contribution is -0.127. The van der Waals surface area contributed by atoms with Crippen LogP contribution in [0.3, 0.4) is 0 Å². The van der Waals surface area contributed by atoms with Gasteiger partial charge in [-0.3, -0.25) is 4.79 Å². The summed E-state index contributed by atoms with van der Waals surface area (Å²) < 4.78 is 2.35. The Hall–Kier alpha value is -1.84. The number of aryl methyl sites for hydroxylation is 1. The molecule has 0 aliphatic carbocycles. The fraction of sp³-hybridized carbons (Fsp3) is 0.579. The molecule has 1 atom stereocenters. The van der Waals surface area contributed by atoms with Crippen molar-refractivity contribution in [2.24, 2.45) is 0 Å². The Bertz CT molecular complexity index is 676. The highest BCUT2D eigenvalue weighted by molar-refractivity contribution is 5.80. The van der Waals surface area contributed by atoms with Crippen molar-refractivity contribution in [3.63, 3.8) is 0 Å². The van der Waals surface area contributed by atoms with E-state index in [0.717, 1.165) is 56.7 Å². The number of benzene rings is 1. The lowest BCUT2D eigenvalue weighted by Crippen LogP contribution is -2.26. The van der Waals surface area contributed by atoms with E-state index in [1.807, 2.05) is 11.0 Å². The number of fused-ring (bicyclic) bond motifs is 1. The van der Waals surface area contributed by atoms with Crippen LogP contribution in [0.4, 0.5) is 0 Å². The monoisotopic (exact) mass is 313 g/mol. The van der Waals surface area contributed by atoms with Crippen molar-refractivity contribution in [3.8, 4) is 0 Å². The van der Waals surface area contributed by atoms with Crippen molar-refractivity contribution >= 4 is 16.9 Å². The van der Waals surface area contributed by atoms with E-state index < -0.39 is 0 Å². The number of carbonyl (C=O) groups is 1. The summed E-state index contributed by atoms with van der Waals surface area (Å²) >= 11 is 0. The fourth-order valence-corrected chi connectivity index (χ4v) is 3.47. The van der Waals surface area contributed by atoms with E-state index in [1.54, 1.807) is 0 Å². The minimum atomic E-state index is 0.239. The average molecular weight is 313 g/mol. The third kappa shape index (κ3) is 3.26. The van der Waals surface area contributed by atoms with Crippen LogP contribution >= 0.6 is 0 Å². The summed E-state index contributed by atoms with van der Waals surface area (Å²) in [6.07, 6.45) is 5.14. The van der Waals surface area contributed by atoms with Crippen molar-refractivity contribution in [2.45, 2.75) is 58.4 Å². The van der Waals surface area contributed by atoms with Crippen LogP contribution in [0.5, 0.6) is 0 Å². The Labute approximate surface area is 138 Å². The highest BCUT2D eigenvalue weighted by Gasteiger charge is 2.33. The zero-order valence-corrected chi connectivity index (χ0v) is 14.3. The van der Waals surface area contributed by atoms with Crippen LogP contribution in [0.1, 0.15) is 57.7 Å². The van der Waals surface area contributed by atoms with E-state index >= 15 is 0 Å². The zero-order chi connectivity index (χ0) is 16.2. The van der Waals surface area contributed by atoms with Crippen molar-refractivity contribution < 1.29 is 4.79 Å². The molecule has 1 aliphatic heterocycles. The van der Waals surface area contributed by atoms with Gasteiger partial charge >= 0.3 is 0 Å². The van der Waals surface area contributed by atoms with Crippen LogP contribution in [0.15, 0.2) is 24.3 Å². The first-order chi connectivity index (χ1) is 11.2. The second-order valence-corrected chi connectivity index (χ2v) is 6.56. The van der Waals surface area contributed by atoms with Gasteiger partial charge in [0.15, 0.2) is 0 Å². The molecule has 1 amide bonds. The van der Waals surface area contributed by atoms with Crippen molar-refractivity contribution in [1.82, 2.24) is 14.5 Å². The molecule has 1 saturated heterocycles. The fourth-order valence-electron chi connectivity index (χ4n) is 3.47. The molecule has 1 fully saturated rings. The van der Waals surface area contributed by atoms with Crippen LogP contribution in [0.2, 0.25) is 0 Å². The topological polar surface area (TPSA) is 38.1 Å². The smallest absolute Gasteiger partial charge is 0.223 e. The highest BCUT2D eigenvalue weighted by atomic mass is 16.2. The van der Waals surface area contributed by atoms with Gasteiger partial charge < -0.3 is 9.47 Å². The molecule has 124 valence electrons. The lowest BCUT2D eigenvalue weighted by atomic mass is 10.1. The Balaban J connectivity index is 1.88. The summed E-state index contributed by atoms with van der Waals surface area (Å²) in [5.74, 6) is 1.63. The number of para-hydroxylation sites is 2. The minimum absolute atomic E-state index is 0.239. The quantitative estimate of drug-likeness (QED) is 0.776. The number of aromatic nitrogens is 2. The Morgan fingerprint density at radius 2 is 1.87 bits per heavy atom. The number of unbranched alkanes of at least 4 members (excludes halogenated alkanes) is 2. The number of carbonyl (C=O) groups excluding carboxylic acids is 1. The van der Waals surface area contributed by atoms with Gasteiger partial charge in [-0.15, -0.1) is 0 Å². The number of nitrogens with zero attached hydrogens (tertiary/aromatic N) is 3. The molecule has 1 aromatic heterocycles. The van der Waals surface area contributed by atoms with E-state index in [0.29, 0.717) is 6.42 Å². The molecule has 1 aromatic carbocycles. The van der Waals surface area contributed by atoms with E-state index in [1.165, 1.54) is 5.52 Å². The minimum Gasteiger partial charge on any atom is -0.342 e. The molecule has 0 N–H and O–H groups in total. The molecule has 0 radical (unpaired) electrons. The summed E-state index contributed by atoms with van der Waals surface area (Å²) in [4.78, 5) is 19.2. The van der Waals surface area contributed by atoms with Gasteiger partial charge in [-0.1, -0.05) is 38.8 Å². The molecule has 4 nitrogen and oxygen atoms in total. The van der Waals surface area contributed by atoms with Gasteiger partial charge in [0.05, 0.1) is 11.0 Å². The average Bonchev–Trinajstić information content (AvgIpc) is 3.11. The third-order valence-corrected chi connectivity index (χ3v) is 4.78. The summed E-state index contributed by atoms with van der Waals surface area (Å²) in [7, 11) is 0. The zero-order valence-electron chi connectivity index (χ0n) is 14.3. The number of imidazole rings is 1. The molecule has 2 heterocycles. The first kappa shape index (κ1) is 16.0. The molecule has 0 bridgehead atoms. The van der Waals surface area contributed by atoms with Crippen LogP contribution < -0.4 is 0 Å². The molecule has 0 saturated carbocycles. The van der Waals surface area contributed by atoms with Gasteiger partial charge in [0.2, 0.25) is 5.91 Å². The second kappa shape index (κ2) is 7.16. The molecule has 0 spiro atoms. The second-order valence-electron chi connectivity index (χ2n) is 6.56. The molecular weight excluding hydrogens is 286 g/mol. The number of rotatable bonds is 7. The number of hydrogen-bond donors (Lipinski definition) is 0. The molecular formula is C19H27N3O. The molecule has 1 aliphatic rings. The van der Waals surface area contributed by atoms with E-state index in [2.05, 4.69) is 36.6 Å². The molecule has 4 heteroatoms. The van der Waals surface area contributed by atoms with Crippen LogP contribution in [-0.2, 0) is 11.3 Å². The first-order valence-electron chi connectivity index (χ1n) is 8.97. The van der Waals surface area contributed by atoms with Gasteiger partial charge in [0.1, 0.15) is 5.82 Å². The van der Waals surface area contributed by atoms with Gasteiger partial charge in [0, 0.05) is 32.0 Å². The van der Waals surface area contributed by atoms with Crippen LogP contribution in [0, 0.1) is 0 Å². The SMILES string of the molecule is CCCCN1C[C@H](c2nc3ccccc3n2CCCC)CC1=O. The van der Waals surface area contributed by atoms with Gasteiger partial charge in [-0.25, -0.2) is 4.98 Å². The Morgan fingerprint density at radius 1 is 1.13 bits per heavy atom. The van der Waals surface area contributed by atoms with Crippen molar-refractivity contribution in [2.75, 3.05) is 13.1 Å². The van der Waals surface area contributed by atoms with Crippen molar-refractivity contribution in [3.05, 3.63) is 30.1 Å². The van der Waals surface area contributed by atoms with E-state index in [9.17, 15) is 4.79 Å². The first-order valence-corrected chi connectivity index (χ1v) is 8.97. The van der Waals surface area contributed by atoms with Gasteiger partial charge in [-0.05, 0) is 25.0 Å². The normalized spacial score (nSPS) is 18.3. The summed E-state index contributed by atoms with van der Waals surface area (Å²) in [6, 6.07) is 8.33. The summed E-state index contributed by atoms with van der Waals surface area (Å²) in [6.45, 7) is 7.09. The predicted molar refractivity (Wildman–Crippen MR) is 93.5 cm³/mol. The van der Waals surface area contributed by atoms with E-state index in [-0.39, 0.29) is 11.8 Å². The Kier molecular flexibility index (Phi) is 4.99. The highest BCUT2D eigenvalue weighted by Crippen LogP contribution is 2.30. The summed E-state index contributed by atoms with van der Waals surface area (Å²) in [5, 5.41) is 0. The third-order valence-electron chi connectivity index (χ3n) is 4.78. The lowest BCUT2D eigenvalue weighted by Gasteiger charge is -2.16. The van der Waals surface area contributed by atoms with Crippen LogP contribution in [-0.4, -0.2) is 33.4 Å². The Morgan fingerprint density at radius 3 is 2.65 bits per heavy atom. The predicted octanol–water partition coefficient (Wildman–Crippen LogP) is 3.95. The maximum absolute atomic E-state index is 12.3. The largest absolute Gasteiger partial charge is 0.342 e. The van der Waals surface area contributed by atoms with Crippen molar-refractivity contribution in [1.29, 1.82) is 0 Å². The number of amides is 1. The molecule has 3 rings (SSSR count). The van der Waals surface area contributed by atoms with E-state index in [4.69, 9.17) is 4.98 Å². The molecule has 2 aromatic rings. The standard InChI is InChI=1S/C19H27N3O/c1-3-5-11-21-14-15(13-18(21)23)19-20-16-9-7-8-10-17(16)22(19)12-6-4-2/h7-10,15H,3-6,11-14H2,1-2H3/t15-/m1/s1. The molecule has 23 heavy (non-hydrogen) atoms. The van der Waals surface area contributed by atoms with Gasteiger partial charge in [-0.2, -0.15) is 0 Å². The number of hydrogen-bond acceptors (Lipinski definition) is 2. The maximum atomic E-state index is 12.3.